The van der Waals surface area contributed by atoms with Gasteiger partial charge in [-0.05, 0) is 0 Å². The fourth-order valence-corrected chi connectivity index (χ4v) is 15.7. The van der Waals surface area contributed by atoms with Gasteiger partial charge in [-0.3, -0.25) is 0 Å². The van der Waals surface area contributed by atoms with Crippen LogP contribution < -0.4 is 5.32 Å². The number of aliphatic hydroxyl groups is 1. The van der Waals surface area contributed by atoms with Gasteiger partial charge in [0, 0.05) is 155 Å². The molecule has 39 nitrogen and oxygen atoms in total. The van der Waals surface area contributed by atoms with Gasteiger partial charge in [0.2, 0.25) is 0 Å². The first-order chi connectivity index (χ1) is 53.2. The zero-order chi connectivity index (χ0) is 78.7. The standard InChI is InChI=1S/C70H127NO38/c1-73-30-37-44-51(80-8)59(88-16)66(98-37)106-46-39(32-75-3)100-68(61(90-18)53(46)82-10)108-48-41(34-77-5)102-70(63(92-20)55(48)84-12)109-49-42(35-78-6)101-69(62(91-19)56(49)85-13)107-47-40(33-76-4)99-67(60(89-17)54(47)83-11)105-45-38(31-74-2)97-65(58(87-15)52(45)81-9)103-43-36(96-64(104-44)57(86-14)50(43)79-7)29-71-21-23-93-25-27-95-28-26-94-24-22-72/h36-72H,21-35H2,1-20H3/t36-,37-,38-,39-,40-,41-,42-,43-,44-,45-,46-,47-,48-,49-,50+,51+,52+,53+,54+,55+,56+,57-,58-,59-,60-,61-,62-,63-,64-,65-,66-,67-,68-,69-,70-/m1/s1. The number of nitrogens with one attached hydrogen (secondary N) is 1. The Bertz CT molecular complexity index is 2400. The molecule has 39 heteroatoms. The molecule has 0 amide bonds. The highest BCUT2D eigenvalue weighted by molar-refractivity contribution is 5.04. The second-order valence-corrected chi connectivity index (χ2v) is 26.8. The molecule has 21 heterocycles. The van der Waals surface area contributed by atoms with Crippen LogP contribution in [0.1, 0.15) is 0 Å². The van der Waals surface area contributed by atoms with Crippen molar-refractivity contribution in [2.75, 3.05) is 241 Å². The summed E-state index contributed by atoms with van der Waals surface area (Å²) in [5.74, 6) is 0. The summed E-state index contributed by atoms with van der Waals surface area (Å²) in [6.45, 7) is 1.87. The maximum Gasteiger partial charge on any atom is 0.187 e. The Balaban J connectivity index is 1.22. The first-order valence-electron chi connectivity index (χ1n) is 36.7. The molecule has 21 fully saturated rings. The molecule has 0 aliphatic carbocycles. The van der Waals surface area contributed by atoms with E-state index in [0.29, 0.717) is 33.0 Å². The molecule has 0 spiro atoms. The molecule has 640 valence electrons. The summed E-state index contributed by atoms with van der Waals surface area (Å²) >= 11 is 0. The van der Waals surface area contributed by atoms with E-state index in [1.165, 1.54) is 142 Å². The Kier molecular flexibility index (Phi) is 41.2. The van der Waals surface area contributed by atoms with Gasteiger partial charge in [0.25, 0.3) is 0 Å². The first-order valence-corrected chi connectivity index (χ1v) is 36.7. The number of aliphatic hydroxyl groups excluding tert-OH is 1. The summed E-state index contributed by atoms with van der Waals surface area (Å²) in [4.78, 5) is 0. The van der Waals surface area contributed by atoms with Crippen LogP contribution in [0.15, 0.2) is 0 Å². The quantitative estimate of drug-likeness (QED) is 0.0600. The van der Waals surface area contributed by atoms with Gasteiger partial charge < -0.3 is 186 Å². The van der Waals surface area contributed by atoms with Gasteiger partial charge in [0.15, 0.2) is 44.0 Å². The van der Waals surface area contributed by atoms with Gasteiger partial charge in [0.1, 0.15) is 171 Å². The summed E-state index contributed by atoms with van der Waals surface area (Å²) in [6.07, 6.45) is -36.7. The van der Waals surface area contributed by atoms with Crippen molar-refractivity contribution in [2.24, 2.45) is 0 Å². The lowest BCUT2D eigenvalue weighted by molar-refractivity contribution is -0.402. The monoisotopic (exact) mass is 1590 g/mol. The highest BCUT2D eigenvalue weighted by Gasteiger charge is 2.62. The third kappa shape index (κ3) is 22.6. The van der Waals surface area contributed by atoms with Gasteiger partial charge in [-0.25, -0.2) is 0 Å². The molecule has 0 aromatic heterocycles. The second-order valence-electron chi connectivity index (χ2n) is 26.8. The third-order valence-electron chi connectivity index (χ3n) is 20.7. The molecule has 0 radical (unpaired) electrons. The number of methoxy groups -OCH3 is 20. The second kappa shape index (κ2) is 48.4. The molecule has 14 bridgehead atoms. The van der Waals surface area contributed by atoms with Crippen LogP contribution in [0.3, 0.4) is 0 Å². The highest BCUT2D eigenvalue weighted by Crippen LogP contribution is 2.43. The van der Waals surface area contributed by atoms with Gasteiger partial charge >= 0.3 is 0 Å². The Labute approximate surface area is 639 Å². The van der Waals surface area contributed by atoms with Gasteiger partial charge in [-0.2, -0.15) is 0 Å². The van der Waals surface area contributed by atoms with E-state index in [2.05, 4.69) is 5.32 Å². The maximum atomic E-state index is 9.05. The molecule has 0 aromatic rings. The topological polar surface area (TPSA) is 374 Å². The SMILES string of the molecule is COC[C@H]1O[C@@H]2O[C@H]3[C@H](OC)[C@@H](OC)[C@@H](O[C@H]4[C@H](OC)[C@@H](OC)[C@@H](O[C@H]5[C@H](OC)[C@@H](OC)[C@@H](O[C@H]6[C@H](OC)[C@@H](OC)[C@@H](O[C@H]7[C@H](OC)[C@@H](OC)[C@@H](O[C@H]8[C@H](OC)[C@@H](OC)[C@@H](O[C@H]1[C@H](OC)[C@H]2OC)O[C@@H]8CNCCOCCOCCOCCO)O[C@@H]7COC)O[C@@H]6COC)O[C@@H]5COC)O[C@@H]4COC)O[C@@H]3COC. The predicted octanol–water partition coefficient (Wildman–Crippen LogP) is -2.51. The molecule has 21 saturated heterocycles. The molecule has 0 saturated carbocycles. The van der Waals surface area contributed by atoms with Crippen molar-refractivity contribution in [1.82, 2.24) is 5.32 Å². The average molecular weight is 1590 g/mol. The van der Waals surface area contributed by atoms with E-state index in [4.69, 9.17) is 180 Å². The molecule has 0 aromatic carbocycles. The van der Waals surface area contributed by atoms with Gasteiger partial charge in [0.05, 0.1) is 85.9 Å². The van der Waals surface area contributed by atoms with E-state index in [9.17, 15) is 0 Å². The normalized spacial score (nSPS) is 42.6. The van der Waals surface area contributed by atoms with E-state index in [1.807, 2.05) is 0 Å². The van der Waals surface area contributed by atoms with Crippen LogP contribution in [0.2, 0.25) is 0 Å². The van der Waals surface area contributed by atoms with E-state index in [-0.39, 0.29) is 66.0 Å². The first kappa shape index (κ1) is 92.9. The van der Waals surface area contributed by atoms with Crippen molar-refractivity contribution in [3.05, 3.63) is 0 Å². The molecule has 35 atom stereocenters. The van der Waals surface area contributed by atoms with Crippen LogP contribution in [0.5, 0.6) is 0 Å². The lowest BCUT2D eigenvalue weighted by atomic mass is 9.94. The number of hydrogen-bond donors (Lipinski definition) is 2. The Hall–Kier alpha value is -1.56. The lowest BCUT2D eigenvalue weighted by Gasteiger charge is -2.52. The summed E-state index contributed by atoms with van der Waals surface area (Å²) in [5, 5.41) is 12.5. The van der Waals surface area contributed by atoms with Gasteiger partial charge in [-0.1, -0.05) is 0 Å². The molecule has 21 rings (SSSR count). The Morgan fingerprint density at radius 1 is 0.211 bits per heavy atom. The van der Waals surface area contributed by atoms with Crippen molar-refractivity contribution in [3.8, 4) is 0 Å². The van der Waals surface area contributed by atoms with Crippen LogP contribution in [-0.4, -0.2) is 461 Å². The van der Waals surface area contributed by atoms with E-state index < -0.39 is 215 Å². The Morgan fingerprint density at radius 3 is 0.569 bits per heavy atom. The molecule has 21 aliphatic rings. The van der Waals surface area contributed by atoms with Crippen molar-refractivity contribution >= 4 is 0 Å². The summed E-state index contributed by atoms with van der Waals surface area (Å²) < 4.78 is 239. The zero-order valence-corrected chi connectivity index (χ0v) is 66.9. The summed E-state index contributed by atoms with van der Waals surface area (Å²) in [5.41, 5.74) is 0. The van der Waals surface area contributed by atoms with Gasteiger partial charge in [-0.15, -0.1) is 0 Å². The molecular weight excluding hydrogens is 1460 g/mol. The number of rotatable bonds is 39. The lowest BCUT2D eigenvalue weighted by Crippen LogP contribution is -2.69. The van der Waals surface area contributed by atoms with Crippen LogP contribution in [0.25, 0.3) is 0 Å². The molecular formula is C70H127NO38. The van der Waals surface area contributed by atoms with Crippen molar-refractivity contribution in [1.29, 1.82) is 0 Å². The predicted molar refractivity (Wildman–Crippen MR) is 370 cm³/mol. The minimum atomic E-state index is -1.26. The minimum absolute atomic E-state index is 0.0486. The van der Waals surface area contributed by atoms with Crippen molar-refractivity contribution in [2.45, 2.75) is 215 Å². The smallest absolute Gasteiger partial charge is 0.187 e. The molecule has 21 aliphatic heterocycles. The molecule has 2 N–H and O–H groups in total. The number of hydrogen-bond acceptors (Lipinski definition) is 39. The molecule has 0 unspecified atom stereocenters. The van der Waals surface area contributed by atoms with Crippen molar-refractivity contribution in [3.63, 3.8) is 0 Å². The fourth-order valence-electron chi connectivity index (χ4n) is 15.7. The van der Waals surface area contributed by atoms with Crippen LogP contribution in [-0.2, 0) is 175 Å². The Morgan fingerprint density at radius 2 is 0.385 bits per heavy atom. The van der Waals surface area contributed by atoms with E-state index in [1.54, 1.807) is 0 Å². The van der Waals surface area contributed by atoms with Crippen LogP contribution in [0, 0.1) is 0 Å². The van der Waals surface area contributed by atoms with E-state index in [0.717, 1.165) is 0 Å². The summed E-state index contributed by atoms with van der Waals surface area (Å²) in [7, 11) is 30.2. The zero-order valence-electron chi connectivity index (χ0n) is 66.9. The highest BCUT2D eigenvalue weighted by atomic mass is 16.8. The maximum absolute atomic E-state index is 9.05. The largest absolute Gasteiger partial charge is 0.394 e. The number of ether oxygens (including phenoxy) is 37. The molecule has 109 heavy (non-hydrogen) atoms. The minimum Gasteiger partial charge on any atom is -0.394 e. The summed E-state index contributed by atoms with van der Waals surface area (Å²) in [6, 6.07) is 0. The third-order valence-corrected chi connectivity index (χ3v) is 20.7. The fraction of sp³-hybridized carbons (Fsp3) is 1.00. The van der Waals surface area contributed by atoms with Crippen LogP contribution >= 0.6 is 0 Å². The van der Waals surface area contributed by atoms with E-state index >= 15 is 0 Å². The van der Waals surface area contributed by atoms with Crippen molar-refractivity contribution < 1.29 is 180 Å². The average Bonchev–Trinajstić information content (AvgIpc) is 0.784. The van der Waals surface area contributed by atoms with Crippen LogP contribution in [0.4, 0.5) is 0 Å².